The number of hydrogen-bond donors (Lipinski definition) is 1. The van der Waals surface area contributed by atoms with Gasteiger partial charge in [-0.15, -0.1) is 0 Å². The van der Waals surface area contributed by atoms with Crippen LogP contribution in [0.1, 0.15) is 67.1 Å². The van der Waals surface area contributed by atoms with Crippen LogP contribution in [0.5, 0.6) is 0 Å². The van der Waals surface area contributed by atoms with Gasteiger partial charge in [-0.1, -0.05) is 61.1 Å². The van der Waals surface area contributed by atoms with Crippen LogP contribution in [0.4, 0.5) is 0 Å². The highest BCUT2D eigenvalue weighted by Crippen LogP contribution is 2.38. The first-order valence-corrected chi connectivity index (χ1v) is 15.6. The van der Waals surface area contributed by atoms with E-state index in [9.17, 15) is 18.0 Å². The van der Waals surface area contributed by atoms with Gasteiger partial charge in [-0.25, -0.2) is 8.42 Å². The summed E-state index contributed by atoms with van der Waals surface area (Å²) in [7, 11) is -1.69. The molecule has 0 fully saturated rings. The third-order valence-electron chi connectivity index (χ3n) is 6.53. The molecule has 0 saturated heterocycles. The largest absolute Gasteiger partial charge is 0.318 e. The zero-order valence-electron chi connectivity index (χ0n) is 22.0. The van der Waals surface area contributed by atoms with E-state index in [0.29, 0.717) is 33.7 Å². The second-order valence-electron chi connectivity index (χ2n) is 10.1. The van der Waals surface area contributed by atoms with Crippen LogP contribution in [0, 0.1) is 0 Å². The summed E-state index contributed by atoms with van der Waals surface area (Å²) in [6, 6.07) is 11.2. The first-order valence-electron chi connectivity index (χ1n) is 12.1. The van der Waals surface area contributed by atoms with Crippen molar-refractivity contribution >= 4 is 50.8 Å². The van der Waals surface area contributed by atoms with Crippen molar-refractivity contribution < 1.29 is 13.2 Å². The van der Waals surface area contributed by atoms with Crippen LogP contribution in [0.25, 0.3) is 11.1 Å². The Labute approximate surface area is 238 Å². The summed E-state index contributed by atoms with van der Waals surface area (Å²) < 4.78 is 26.1. The van der Waals surface area contributed by atoms with Crippen molar-refractivity contribution in [3.8, 4) is 11.1 Å². The van der Waals surface area contributed by atoms with E-state index in [1.165, 1.54) is 22.6 Å². The van der Waals surface area contributed by atoms with E-state index in [2.05, 4.69) is 0 Å². The molecule has 3 aromatic rings. The van der Waals surface area contributed by atoms with Gasteiger partial charge in [0.05, 0.1) is 10.8 Å². The van der Waals surface area contributed by atoms with Crippen LogP contribution in [-0.4, -0.2) is 29.3 Å². The fourth-order valence-corrected chi connectivity index (χ4v) is 6.18. The number of rotatable bonds is 10. The van der Waals surface area contributed by atoms with Crippen molar-refractivity contribution in [2.75, 3.05) is 5.75 Å². The van der Waals surface area contributed by atoms with Gasteiger partial charge in [-0.3, -0.25) is 14.7 Å². The quantitative estimate of drug-likeness (QED) is 0.215. The summed E-state index contributed by atoms with van der Waals surface area (Å²) >= 11 is 13.7. The molecule has 38 heavy (non-hydrogen) atoms. The summed E-state index contributed by atoms with van der Waals surface area (Å²) in [6.45, 7) is 7.67. The van der Waals surface area contributed by atoms with Crippen molar-refractivity contribution in [3.05, 3.63) is 91.3 Å². The first kappa shape index (κ1) is 30.4. The van der Waals surface area contributed by atoms with Gasteiger partial charge in [0.15, 0.2) is 15.6 Å². The summed E-state index contributed by atoms with van der Waals surface area (Å²) in [5.74, 6) is -0.593. The lowest BCUT2D eigenvalue weighted by molar-refractivity contribution is 0.103. The Balaban J connectivity index is 2.31. The molecule has 0 saturated carbocycles. The highest BCUT2D eigenvalue weighted by atomic mass is 35.5. The van der Waals surface area contributed by atoms with Crippen LogP contribution in [0.2, 0.25) is 10.0 Å². The number of pyridine rings is 1. The minimum Gasteiger partial charge on any atom is -0.318 e. The maximum atomic E-state index is 13.8. The fraction of sp³-hybridized carbons (Fsp3) is 0.357. The topological polar surface area (TPSA) is 99.2 Å². The Bertz CT molecular complexity index is 1530. The molecule has 2 N–H and O–H groups in total. The van der Waals surface area contributed by atoms with Crippen LogP contribution in [0.15, 0.2) is 53.5 Å². The third-order valence-corrected chi connectivity index (χ3v) is 9.53. The standard InChI is InChI=1S/C28H32Cl2N2O4S2/c1-6-38(35,36)16-18-7-9-20(27(34)21-10-8-19(29)12-25(21)30)23(11-18)24-15-32(5)26(33)13-22(24)17(2)14-28(3,4)37-31/h7-13,15,17H,6,14,16,31H2,1-5H3/t17-/m0/s1. The number of carbonyl (C=O) groups excluding carboxylic acids is 1. The molecule has 0 spiro atoms. The molecule has 1 atom stereocenters. The van der Waals surface area contributed by atoms with Gasteiger partial charge in [0, 0.05) is 51.5 Å². The van der Waals surface area contributed by atoms with Crippen molar-refractivity contribution in [2.24, 2.45) is 12.2 Å². The zero-order chi connectivity index (χ0) is 28.4. The van der Waals surface area contributed by atoms with E-state index in [-0.39, 0.29) is 44.1 Å². The normalized spacial score (nSPS) is 12.9. The molecule has 0 aliphatic rings. The molecule has 0 bridgehead atoms. The van der Waals surface area contributed by atoms with Crippen molar-refractivity contribution in [2.45, 2.75) is 50.5 Å². The van der Waals surface area contributed by atoms with Crippen molar-refractivity contribution in [3.63, 3.8) is 0 Å². The molecule has 1 heterocycles. The number of ketones is 1. The van der Waals surface area contributed by atoms with Gasteiger partial charge in [0.2, 0.25) is 0 Å². The molecule has 0 aliphatic carbocycles. The molecule has 10 heteroatoms. The van der Waals surface area contributed by atoms with Gasteiger partial charge in [-0.05, 0) is 67.1 Å². The van der Waals surface area contributed by atoms with Gasteiger partial charge in [0.1, 0.15) is 0 Å². The zero-order valence-corrected chi connectivity index (χ0v) is 25.2. The van der Waals surface area contributed by atoms with Crippen molar-refractivity contribution in [1.29, 1.82) is 0 Å². The second kappa shape index (κ2) is 12.0. The number of nitrogens with two attached hydrogens (primary N) is 1. The number of sulfone groups is 1. The molecule has 0 unspecified atom stereocenters. The second-order valence-corrected chi connectivity index (χ2v) is 14.6. The highest BCUT2D eigenvalue weighted by molar-refractivity contribution is 7.98. The van der Waals surface area contributed by atoms with Gasteiger partial charge >= 0.3 is 0 Å². The SMILES string of the molecule is CCS(=O)(=O)Cc1ccc(C(=O)c2ccc(Cl)cc2Cl)c(-c2cn(C)c(=O)cc2[C@@H](C)CC(C)(C)SN)c1. The lowest BCUT2D eigenvalue weighted by Crippen LogP contribution is -2.23. The van der Waals surface area contributed by atoms with Gasteiger partial charge in [0.25, 0.3) is 5.56 Å². The maximum absolute atomic E-state index is 13.8. The van der Waals surface area contributed by atoms with E-state index in [1.54, 1.807) is 56.6 Å². The minimum absolute atomic E-state index is 0.00262. The Morgan fingerprint density at radius 3 is 2.34 bits per heavy atom. The molecule has 3 rings (SSSR count). The van der Waals surface area contributed by atoms with E-state index < -0.39 is 9.84 Å². The third kappa shape index (κ3) is 7.10. The maximum Gasteiger partial charge on any atom is 0.250 e. The number of hydrogen-bond acceptors (Lipinski definition) is 6. The van der Waals surface area contributed by atoms with Crippen LogP contribution < -0.4 is 10.7 Å². The Morgan fingerprint density at radius 1 is 1.08 bits per heavy atom. The highest BCUT2D eigenvalue weighted by Gasteiger charge is 2.26. The molecule has 204 valence electrons. The minimum atomic E-state index is -3.33. The summed E-state index contributed by atoms with van der Waals surface area (Å²) in [4.78, 5) is 26.5. The summed E-state index contributed by atoms with van der Waals surface area (Å²) in [5.41, 5.74) is 2.92. The molecule has 2 aromatic carbocycles. The smallest absolute Gasteiger partial charge is 0.250 e. The number of nitrogens with zero attached hydrogens (tertiary/aromatic N) is 1. The van der Waals surface area contributed by atoms with Crippen LogP contribution >= 0.6 is 35.1 Å². The average molecular weight is 596 g/mol. The fourth-order valence-electron chi connectivity index (χ4n) is 4.45. The number of aromatic nitrogens is 1. The first-order chi connectivity index (χ1) is 17.7. The molecule has 0 aliphatic heterocycles. The van der Waals surface area contributed by atoms with E-state index in [1.807, 2.05) is 20.8 Å². The van der Waals surface area contributed by atoms with E-state index in [0.717, 1.165) is 5.56 Å². The lowest BCUT2D eigenvalue weighted by atomic mass is 9.84. The summed E-state index contributed by atoms with van der Waals surface area (Å²) in [6.07, 6.45) is 2.37. The molecular weight excluding hydrogens is 563 g/mol. The van der Waals surface area contributed by atoms with Gasteiger partial charge in [-0.2, -0.15) is 0 Å². The number of benzene rings is 2. The number of aryl methyl sites for hydroxylation is 1. The molecule has 1 aromatic heterocycles. The lowest BCUT2D eigenvalue weighted by Gasteiger charge is -2.27. The van der Waals surface area contributed by atoms with E-state index in [4.69, 9.17) is 28.3 Å². The number of halogens is 2. The van der Waals surface area contributed by atoms with E-state index >= 15 is 0 Å². The Kier molecular flexibility index (Phi) is 9.58. The molecule has 0 radical (unpaired) electrons. The Hall–Kier alpha value is -2.10. The summed E-state index contributed by atoms with van der Waals surface area (Å²) in [5, 5.41) is 6.52. The predicted octanol–water partition coefficient (Wildman–Crippen LogP) is 6.40. The molecular formula is C28H32Cl2N2O4S2. The predicted molar refractivity (Wildman–Crippen MR) is 159 cm³/mol. The monoisotopic (exact) mass is 594 g/mol. The van der Waals surface area contributed by atoms with Gasteiger partial charge < -0.3 is 4.57 Å². The molecule has 6 nitrogen and oxygen atoms in total. The van der Waals surface area contributed by atoms with Crippen molar-refractivity contribution in [1.82, 2.24) is 4.57 Å². The average Bonchev–Trinajstić information content (AvgIpc) is 2.84. The van der Waals surface area contributed by atoms with Crippen LogP contribution in [0.3, 0.4) is 0 Å². The Morgan fingerprint density at radius 2 is 1.74 bits per heavy atom. The molecule has 0 amide bonds. The number of carbonyl (C=O) groups is 1. The van der Waals surface area contributed by atoms with Crippen LogP contribution in [-0.2, 0) is 22.6 Å².